The molecule has 0 aliphatic carbocycles. The first-order valence-corrected chi connectivity index (χ1v) is 13.6. The number of methoxy groups -OCH3 is 2. The molecule has 3 aromatic heterocycles. The molecule has 2 N–H and O–H groups in total. The average Bonchev–Trinajstić information content (AvgIpc) is 3.29. The summed E-state index contributed by atoms with van der Waals surface area (Å²) in [6.45, 7) is 2.24. The maximum atomic E-state index is 14.1. The van der Waals surface area contributed by atoms with E-state index in [1.807, 2.05) is 4.72 Å². The van der Waals surface area contributed by atoms with Gasteiger partial charge >= 0.3 is 0 Å². The monoisotopic (exact) mass is 591 g/mol. The topological polar surface area (TPSA) is 150 Å². The molecule has 0 aliphatic rings. The van der Waals surface area contributed by atoms with Crippen LogP contribution in [0, 0.1) is 12.7 Å². The Labute approximate surface area is 232 Å². The number of aromatic nitrogens is 5. The number of benzene rings is 1. The molecular weight excluding hydrogens is 567 g/mol. The van der Waals surface area contributed by atoms with E-state index in [0.29, 0.717) is 6.92 Å². The fourth-order valence-electron chi connectivity index (χ4n) is 3.73. The number of alkyl halides is 2. The summed E-state index contributed by atoms with van der Waals surface area (Å²) in [5.74, 6) is -4.85. The minimum atomic E-state index is -3.92. The summed E-state index contributed by atoms with van der Waals surface area (Å²) in [6, 6.07) is 6.32. The second kappa shape index (κ2) is 11.0. The van der Waals surface area contributed by atoms with Gasteiger partial charge in [-0.05, 0) is 25.1 Å². The van der Waals surface area contributed by atoms with Gasteiger partial charge in [0.1, 0.15) is 22.8 Å². The molecule has 0 saturated carbocycles. The molecule has 1 aromatic carbocycles. The van der Waals surface area contributed by atoms with Crippen LogP contribution in [0.3, 0.4) is 0 Å². The van der Waals surface area contributed by atoms with E-state index in [1.165, 1.54) is 63.9 Å². The van der Waals surface area contributed by atoms with Gasteiger partial charge in [-0.15, -0.1) is 0 Å². The van der Waals surface area contributed by atoms with E-state index >= 15 is 0 Å². The van der Waals surface area contributed by atoms with Crippen molar-refractivity contribution in [1.82, 2.24) is 29.5 Å². The first-order chi connectivity index (χ1) is 19.2. The number of anilines is 2. The Morgan fingerprint density at radius 3 is 2.39 bits per heavy atom. The molecule has 0 atom stereocenters. The standard InChI is InChI=1S/C25H24F3N7O5S/c1-13-6-20(25(2,27)28)33-35(13)21-19(12-30-24(32-21)31-16-8-15(26)9-17(10-16)39-3)14-7-18(23(40-4)29-11-14)22(36)34-41(5,37)38/h6-12H,1-5H3,(H,34,36)(H,30,31,32). The summed E-state index contributed by atoms with van der Waals surface area (Å²) in [5.41, 5.74) is 0.172. The number of ether oxygens (including phenoxy) is 2. The second-order valence-electron chi connectivity index (χ2n) is 8.89. The lowest BCUT2D eigenvalue weighted by Gasteiger charge is -2.15. The molecule has 0 unspecified atom stereocenters. The highest BCUT2D eigenvalue weighted by molar-refractivity contribution is 7.89. The third-order valence-corrected chi connectivity index (χ3v) is 6.10. The Balaban J connectivity index is 1.89. The summed E-state index contributed by atoms with van der Waals surface area (Å²) in [5, 5.41) is 6.87. The number of hydrogen-bond acceptors (Lipinski definition) is 10. The van der Waals surface area contributed by atoms with Crippen molar-refractivity contribution in [3.63, 3.8) is 0 Å². The minimum Gasteiger partial charge on any atom is -0.497 e. The number of nitrogens with zero attached hydrogens (tertiary/aromatic N) is 5. The van der Waals surface area contributed by atoms with Crippen LogP contribution in [0.2, 0.25) is 0 Å². The van der Waals surface area contributed by atoms with E-state index in [2.05, 4.69) is 25.4 Å². The van der Waals surface area contributed by atoms with Crippen LogP contribution in [0.5, 0.6) is 11.6 Å². The molecule has 12 nitrogen and oxygen atoms in total. The van der Waals surface area contributed by atoms with Crippen LogP contribution in [0.1, 0.15) is 28.7 Å². The average molecular weight is 592 g/mol. The van der Waals surface area contributed by atoms with Crippen molar-refractivity contribution in [3.8, 4) is 28.6 Å². The molecule has 0 aliphatic heterocycles. The van der Waals surface area contributed by atoms with Crippen LogP contribution in [0.25, 0.3) is 16.9 Å². The number of pyridine rings is 1. The lowest BCUT2D eigenvalue weighted by atomic mass is 10.1. The number of amides is 1. The summed E-state index contributed by atoms with van der Waals surface area (Å²) < 4.78 is 78.8. The van der Waals surface area contributed by atoms with Crippen molar-refractivity contribution in [1.29, 1.82) is 0 Å². The number of hydrogen-bond donors (Lipinski definition) is 2. The zero-order valence-electron chi connectivity index (χ0n) is 22.4. The molecule has 0 spiro atoms. The Kier molecular flexibility index (Phi) is 7.87. The molecule has 1 amide bonds. The zero-order chi connectivity index (χ0) is 30.1. The van der Waals surface area contributed by atoms with Crippen LogP contribution >= 0.6 is 0 Å². The maximum Gasteiger partial charge on any atom is 0.288 e. The van der Waals surface area contributed by atoms with Crippen molar-refractivity contribution in [2.75, 3.05) is 25.8 Å². The highest BCUT2D eigenvalue weighted by Crippen LogP contribution is 2.32. The van der Waals surface area contributed by atoms with Crippen molar-refractivity contribution >= 4 is 27.6 Å². The summed E-state index contributed by atoms with van der Waals surface area (Å²) in [6.07, 6.45) is 3.42. The number of halogens is 3. The molecule has 16 heteroatoms. The van der Waals surface area contributed by atoms with Crippen molar-refractivity contribution in [3.05, 3.63) is 65.5 Å². The number of rotatable bonds is 9. The molecule has 4 rings (SSSR count). The Morgan fingerprint density at radius 1 is 1.05 bits per heavy atom. The Bertz CT molecular complexity index is 1740. The van der Waals surface area contributed by atoms with E-state index in [0.717, 1.165) is 10.9 Å². The van der Waals surface area contributed by atoms with Crippen LogP contribution in [0.4, 0.5) is 24.8 Å². The highest BCUT2D eigenvalue weighted by atomic mass is 32.2. The molecular formula is C25H24F3N7O5S. The van der Waals surface area contributed by atoms with E-state index < -0.39 is 33.4 Å². The van der Waals surface area contributed by atoms with Gasteiger partial charge in [0, 0.05) is 54.0 Å². The normalized spacial score (nSPS) is 11.7. The fourth-order valence-corrected chi connectivity index (χ4v) is 4.18. The van der Waals surface area contributed by atoms with Crippen LogP contribution in [0.15, 0.2) is 42.7 Å². The second-order valence-corrected chi connectivity index (χ2v) is 10.6. The largest absolute Gasteiger partial charge is 0.497 e. The van der Waals surface area contributed by atoms with Crippen molar-refractivity contribution in [2.45, 2.75) is 19.8 Å². The number of carbonyl (C=O) groups excluding carboxylic acids is 1. The zero-order valence-corrected chi connectivity index (χ0v) is 23.2. The van der Waals surface area contributed by atoms with Gasteiger partial charge in [0.05, 0.1) is 20.5 Å². The molecule has 216 valence electrons. The molecule has 0 radical (unpaired) electrons. The predicted molar refractivity (Wildman–Crippen MR) is 142 cm³/mol. The number of aryl methyl sites for hydroxylation is 1. The summed E-state index contributed by atoms with van der Waals surface area (Å²) in [7, 11) is -1.30. The fraction of sp³-hybridized carbons (Fsp3) is 0.240. The Morgan fingerprint density at radius 2 is 1.78 bits per heavy atom. The molecule has 0 fully saturated rings. The van der Waals surface area contributed by atoms with Gasteiger partial charge in [0.15, 0.2) is 5.82 Å². The quantitative estimate of drug-likeness (QED) is 0.295. The van der Waals surface area contributed by atoms with Gasteiger partial charge in [-0.1, -0.05) is 0 Å². The lowest BCUT2D eigenvalue weighted by Crippen LogP contribution is -2.29. The van der Waals surface area contributed by atoms with Gasteiger partial charge in [-0.2, -0.15) is 18.9 Å². The SMILES string of the molecule is COc1cc(F)cc(Nc2ncc(-c3cnc(OC)c(C(=O)NS(C)(=O)=O)c3)c(-n3nc(C(C)(F)F)cc3C)n2)c1. The van der Waals surface area contributed by atoms with Gasteiger partial charge in [-0.3, -0.25) is 4.79 Å². The van der Waals surface area contributed by atoms with E-state index in [-0.39, 0.29) is 51.5 Å². The number of carbonyl (C=O) groups is 1. The molecule has 4 aromatic rings. The first kappa shape index (κ1) is 29.3. The first-order valence-electron chi connectivity index (χ1n) is 11.7. The van der Waals surface area contributed by atoms with Crippen molar-refractivity contribution in [2.24, 2.45) is 0 Å². The summed E-state index contributed by atoms with van der Waals surface area (Å²) >= 11 is 0. The molecule has 0 bridgehead atoms. The molecule has 0 saturated heterocycles. The minimum absolute atomic E-state index is 0.000283. The number of sulfonamides is 1. The van der Waals surface area contributed by atoms with Crippen LogP contribution < -0.4 is 19.5 Å². The van der Waals surface area contributed by atoms with Gasteiger partial charge in [0.25, 0.3) is 11.8 Å². The van der Waals surface area contributed by atoms with Crippen LogP contribution in [-0.4, -0.2) is 59.5 Å². The van der Waals surface area contributed by atoms with E-state index in [4.69, 9.17) is 9.47 Å². The maximum absolute atomic E-state index is 14.1. The summed E-state index contributed by atoms with van der Waals surface area (Å²) in [4.78, 5) is 25.5. The van der Waals surface area contributed by atoms with Gasteiger partial charge in [-0.25, -0.2) is 32.2 Å². The van der Waals surface area contributed by atoms with Crippen molar-refractivity contribution < 1.29 is 35.9 Å². The Hall–Kier alpha value is -4.73. The third kappa shape index (κ3) is 6.71. The number of nitrogens with one attached hydrogen (secondary N) is 2. The predicted octanol–water partition coefficient (Wildman–Crippen LogP) is 3.73. The molecule has 3 heterocycles. The third-order valence-electron chi connectivity index (χ3n) is 5.55. The van der Waals surface area contributed by atoms with Crippen LogP contribution in [-0.2, 0) is 15.9 Å². The van der Waals surface area contributed by atoms with Gasteiger partial charge < -0.3 is 14.8 Å². The van der Waals surface area contributed by atoms with E-state index in [9.17, 15) is 26.4 Å². The van der Waals surface area contributed by atoms with Gasteiger partial charge in [0.2, 0.25) is 21.9 Å². The smallest absolute Gasteiger partial charge is 0.288 e. The van der Waals surface area contributed by atoms with E-state index in [1.54, 1.807) is 0 Å². The lowest BCUT2D eigenvalue weighted by molar-refractivity contribution is 0.0124. The highest BCUT2D eigenvalue weighted by Gasteiger charge is 2.30. The molecule has 41 heavy (non-hydrogen) atoms.